The lowest BCUT2D eigenvalue weighted by molar-refractivity contribution is 0.636. The third-order valence-electron chi connectivity index (χ3n) is 3.56. The number of fused-ring (bicyclic) bond motifs is 1. The number of nitrogens with zero attached hydrogens (tertiary/aromatic N) is 6. The summed E-state index contributed by atoms with van der Waals surface area (Å²) in [6.07, 6.45) is 7.62. The maximum atomic E-state index is 6.00. The maximum Gasteiger partial charge on any atom is 0.175 e. The first-order valence-electron chi connectivity index (χ1n) is 7.40. The van der Waals surface area contributed by atoms with Crippen molar-refractivity contribution in [1.82, 2.24) is 29.6 Å². The Morgan fingerprint density at radius 3 is 2.75 bits per heavy atom. The number of benzene rings is 1. The number of hydrogen-bond acceptors (Lipinski definition) is 4. The normalized spacial score (nSPS) is 11.5. The third kappa shape index (κ3) is 3.04. The molecule has 1 aromatic carbocycles. The third-order valence-corrected chi connectivity index (χ3v) is 3.78. The SMILES string of the molecule is Clc1ccc2nc(Cn3nnnc3/C=C/c3ccccc3)cn2c1. The van der Waals surface area contributed by atoms with Crippen LogP contribution < -0.4 is 0 Å². The van der Waals surface area contributed by atoms with Crippen LogP contribution in [0.2, 0.25) is 5.02 Å². The van der Waals surface area contributed by atoms with E-state index in [9.17, 15) is 0 Å². The molecule has 4 aromatic rings. The Labute approximate surface area is 143 Å². The molecule has 0 bridgehead atoms. The Balaban J connectivity index is 1.58. The first-order valence-corrected chi connectivity index (χ1v) is 7.78. The fourth-order valence-electron chi connectivity index (χ4n) is 2.43. The lowest BCUT2D eigenvalue weighted by atomic mass is 10.2. The van der Waals surface area contributed by atoms with E-state index in [4.69, 9.17) is 11.6 Å². The van der Waals surface area contributed by atoms with E-state index < -0.39 is 0 Å². The van der Waals surface area contributed by atoms with E-state index >= 15 is 0 Å². The highest BCUT2D eigenvalue weighted by molar-refractivity contribution is 6.30. The van der Waals surface area contributed by atoms with E-state index in [1.807, 2.05) is 71.4 Å². The Hall–Kier alpha value is -2.99. The Morgan fingerprint density at radius 1 is 1.00 bits per heavy atom. The van der Waals surface area contributed by atoms with E-state index in [-0.39, 0.29) is 0 Å². The molecule has 7 heteroatoms. The van der Waals surface area contributed by atoms with Crippen molar-refractivity contribution < 1.29 is 0 Å². The Kier molecular flexibility index (Phi) is 3.80. The van der Waals surface area contributed by atoms with Crippen LogP contribution in [0.4, 0.5) is 0 Å². The number of halogens is 1. The van der Waals surface area contributed by atoms with Gasteiger partial charge < -0.3 is 4.40 Å². The average Bonchev–Trinajstić information content (AvgIpc) is 3.20. The van der Waals surface area contributed by atoms with Gasteiger partial charge in [-0.15, -0.1) is 5.10 Å². The largest absolute Gasteiger partial charge is 0.305 e. The summed E-state index contributed by atoms with van der Waals surface area (Å²) in [5.74, 6) is 0.675. The summed E-state index contributed by atoms with van der Waals surface area (Å²) in [4.78, 5) is 4.55. The molecule has 4 rings (SSSR count). The van der Waals surface area contributed by atoms with Gasteiger partial charge in [0.2, 0.25) is 0 Å². The van der Waals surface area contributed by atoms with E-state index in [1.54, 1.807) is 4.68 Å². The molecule has 0 fully saturated rings. The zero-order chi connectivity index (χ0) is 16.4. The van der Waals surface area contributed by atoms with Crippen molar-refractivity contribution in [3.63, 3.8) is 0 Å². The van der Waals surface area contributed by atoms with E-state index in [0.29, 0.717) is 17.4 Å². The second-order valence-electron chi connectivity index (χ2n) is 5.28. The monoisotopic (exact) mass is 336 g/mol. The standard InChI is InChI=1S/C17H13ClN6/c18-14-7-9-16-19-15(11-23(16)10-14)12-24-17(20-21-22-24)8-6-13-4-2-1-3-5-13/h1-11H,12H2/b8-6+. The second-order valence-corrected chi connectivity index (χ2v) is 5.72. The Morgan fingerprint density at radius 2 is 1.88 bits per heavy atom. The number of imidazole rings is 1. The van der Waals surface area contributed by atoms with E-state index in [1.165, 1.54) is 0 Å². The van der Waals surface area contributed by atoms with E-state index in [2.05, 4.69) is 20.5 Å². The molecule has 0 saturated carbocycles. The quantitative estimate of drug-likeness (QED) is 0.574. The molecule has 0 radical (unpaired) electrons. The van der Waals surface area contributed by atoms with Crippen LogP contribution in [-0.2, 0) is 6.54 Å². The predicted octanol–water partition coefficient (Wildman–Crippen LogP) is 3.19. The first kappa shape index (κ1) is 14.6. The highest BCUT2D eigenvalue weighted by Crippen LogP contribution is 2.13. The highest BCUT2D eigenvalue weighted by Gasteiger charge is 2.07. The molecule has 118 valence electrons. The topological polar surface area (TPSA) is 60.9 Å². The summed E-state index contributed by atoms with van der Waals surface area (Å²) in [6, 6.07) is 13.7. The predicted molar refractivity (Wildman–Crippen MR) is 92.5 cm³/mol. The van der Waals surface area contributed by atoms with Gasteiger partial charge in [0, 0.05) is 12.4 Å². The molecule has 0 atom stereocenters. The second kappa shape index (κ2) is 6.25. The molecule has 0 aliphatic carbocycles. The fourth-order valence-corrected chi connectivity index (χ4v) is 2.59. The molecule has 0 aliphatic rings. The van der Waals surface area contributed by atoms with Crippen LogP contribution in [0.1, 0.15) is 17.1 Å². The molecule has 0 saturated heterocycles. The molecule has 0 N–H and O–H groups in total. The van der Waals surface area contributed by atoms with Gasteiger partial charge in [-0.3, -0.25) is 0 Å². The van der Waals surface area contributed by atoms with Gasteiger partial charge in [0.05, 0.1) is 17.3 Å². The van der Waals surface area contributed by atoms with Crippen LogP contribution in [0.25, 0.3) is 17.8 Å². The summed E-state index contributed by atoms with van der Waals surface area (Å²) in [5.41, 5.74) is 2.79. The minimum absolute atomic E-state index is 0.487. The van der Waals surface area contributed by atoms with Gasteiger partial charge in [-0.2, -0.15) is 0 Å². The zero-order valence-electron chi connectivity index (χ0n) is 12.6. The zero-order valence-corrected chi connectivity index (χ0v) is 13.4. The molecule has 0 aliphatic heterocycles. The lowest BCUT2D eigenvalue weighted by Gasteiger charge is -1.98. The van der Waals surface area contributed by atoms with E-state index in [0.717, 1.165) is 16.9 Å². The minimum atomic E-state index is 0.487. The van der Waals surface area contributed by atoms with Gasteiger partial charge in [-0.25, -0.2) is 9.67 Å². The molecule has 0 amide bonds. The van der Waals surface area contributed by atoms with Crippen LogP contribution in [0.3, 0.4) is 0 Å². The van der Waals surface area contributed by atoms with Crippen LogP contribution in [0, 0.1) is 0 Å². The summed E-state index contributed by atoms with van der Waals surface area (Å²) in [6.45, 7) is 0.487. The van der Waals surface area contributed by atoms with Crippen molar-refractivity contribution in [2.45, 2.75) is 6.54 Å². The molecule has 0 unspecified atom stereocenters. The smallest absolute Gasteiger partial charge is 0.175 e. The number of hydrogen-bond donors (Lipinski definition) is 0. The van der Waals surface area contributed by atoms with Gasteiger partial charge in [0.25, 0.3) is 0 Å². The van der Waals surface area contributed by atoms with Crippen molar-refractivity contribution in [2.75, 3.05) is 0 Å². The van der Waals surface area contributed by atoms with Crippen molar-refractivity contribution in [2.24, 2.45) is 0 Å². The van der Waals surface area contributed by atoms with Crippen molar-refractivity contribution >= 4 is 29.4 Å². The van der Waals surface area contributed by atoms with Gasteiger partial charge in [-0.1, -0.05) is 48.0 Å². The summed E-state index contributed by atoms with van der Waals surface area (Å²) >= 11 is 6.00. The first-order chi connectivity index (χ1) is 11.8. The molecule has 0 spiro atoms. The van der Waals surface area contributed by atoms with Crippen molar-refractivity contribution in [1.29, 1.82) is 0 Å². The molecular weight excluding hydrogens is 324 g/mol. The molecule has 3 aromatic heterocycles. The molecular formula is C17H13ClN6. The van der Waals surface area contributed by atoms with Crippen LogP contribution in [0.15, 0.2) is 54.9 Å². The van der Waals surface area contributed by atoms with Crippen molar-refractivity contribution in [3.05, 3.63) is 77.0 Å². The molecule has 6 nitrogen and oxygen atoms in total. The number of pyridine rings is 1. The van der Waals surface area contributed by atoms with Gasteiger partial charge in [0.15, 0.2) is 5.82 Å². The number of aromatic nitrogens is 6. The van der Waals surface area contributed by atoms with Gasteiger partial charge in [0.1, 0.15) is 5.65 Å². The lowest BCUT2D eigenvalue weighted by Crippen LogP contribution is -2.04. The fraction of sp³-hybridized carbons (Fsp3) is 0.0588. The van der Waals surface area contributed by atoms with Gasteiger partial charge >= 0.3 is 0 Å². The number of rotatable bonds is 4. The average molecular weight is 337 g/mol. The highest BCUT2D eigenvalue weighted by atomic mass is 35.5. The molecule has 3 heterocycles. The van der Waals surface area contributed by atoms with Crippen LogP contribution >= 0.6 is 11.6 Å². The summed E-state index contributed by atoms with van der Waals surface area (Å²) < 4.78 is 3.60. The Bertz CT molecular complexity index is 1000. The van der Waals surface area contributed by atoms with Crippen LogP contribution in [0.5, 0.6) is 0 Å². The maximum absolute atomic E-state index is 6.00. The molecule has 24 heavy (non-hydrogen) atoms. The minimum Gasteiger partial charge on any atom is -0.305 e. The summed E-state index contributed by atoms with van der Waals surface area (Å²) in [7, 11) is 0. The van der Waals surface area contributed by atoms with Crippen molar-refractivity contribution in [3.8, 4) is 0 Å². The van der Waals surface area contributed by atoms with Crippen LogP contribution in [-0.4, -0.2) is 29.6 Å². The number of tetrazole rings is 1. The van der Waals surface area contributed by atoms with Gasteiger partial charge in [-0.05, 0) is 34.2 Å². The summed E-state index contributed by atoms with van der Waals surface area (Å²) in [5, 5.41) is 12.5.